The predicted molar refractivity (Wildman–Crippen MR) is 92.9 cm³/mol. The van der Waals surface area contributed by atoms with E-state index in [1.165, 1.54) is 4.90 Å². The number of carbonyl (C=O) groups is 2. The number of hydrogen-bond donors (Lipinski definition) is 2. The van der Waals surface area contributed by atoms with E-state index >= 15 is 0 Å². The average molecular weight is 326 g/mol. The fourth-order valence-corrected chi connectivity index (χ4v) is 2.38. The van der Waals surface area contributed by atoms with E-state index in [0.29, 0.717) is 11.1 Å². The van der Waals surface area contributed by atoms with Gasteiger partial charge in [0.25, 0.3) is 11.8 Å². The van der Waals surface area contributed by atoms with E-state index in [4.69, 9.17) is 0 Å². The third kappa shape index (κ3) is 4.20. The lowest BCUT2D eigenvalue weighted by atomic mass is 10.0. The van der Waals surface area contributed by atoms with E-state index in [-0.39, 0.29) is 18.4 Å². The fraction of sp³-hybridized carbons (Fsp3) is 0.263. The van der Waals surface area contributed by atoms with Crippen molar-refractivity contribution in [3.63, 3.8) is 0 Å². The van der Waals surface area contributed by atoms with Gasteiger partial charge >= 0.3 is 0 Å². The fourth-order valence-electron chi connectivity index (χ4n) is 2.38. The summed E-state index contributed by atoms with van der Waals surface area (Å²) in [6.45, 7) is 2.04. The molecule has 126 valence electrons. The molecule has 2 rings (SSSR count). The van der Waals surface area contributed by atoms with Crippen LogP contribution in [0, 0.1) is 6.92 Å². The highest BCUT2D eigenvalue weighted by atomic mass is 16.3. The lowest BCUT2D eigenvalue weighted by Gasteiger charge is -2.15. The monoisotopic (exact) mass is 326 g/mol. The highest BCUT2D eigenvalue weighted by Gasteiger charge is 2.13. The van der Waals surface area contributed by atoms with Crippen molar-refractivity contribution in [2.24, 2.45) is 0 Å². The molecule has 0 bridgehead atoms. The summed E-state index contributed by atoms with van der Waals surface area (Å²) in [5, 5.41) is 12.9. The van der Waals surface area contributed by atoms with Crippen molar-refractivity contribution in [3.8, 4) is 0 Å². The number of nitrogens with zero attached hydrogens (tertiary/aromatic N) is 1. The quantitative estimate of drug-likeness (QED) is 0.884. The molecule has 5 heteroatoms. The normalized spacial score (nSPS) is 11.7. The third-order valence-corrected chi connectivity index (χ3v) is 3.80. The summed E-state index contributed by atoms with van der Waals surface area (Å²) < 4.78 is 0. The highest BCUT2D eigenvalue weighted by Crippen LogP contribution is 2.16. The molecular weight excluding hydrogens is 304 g/mol. The first-order chi connectivity index (χ1) is 11.4. The summed E-state index contributed by atoms with van der Waals surface area (Å²) in [4.78, 5) is 25.5. The standard InChI is InChI=1S/C19H22N2O3/c1-13-6-4-5-7-16(13)17(22)12-20-18(23)14-8-10-15(11-9-14)19(24)21(2)3/h4-11,17,22H,12H2,1-3H3,(H,20,23). The molecule has 0 saturated carbocycles. The van der Waals surface area contributed by atoms with E-state index in [0.717, 1.165) is 11.1 Å². The first-order valence-corrected chi connectivity index (χ1v) is 7.73. The number of aliphatic hydroxyl groups excluding tert-OH is 1. The van der Waals surface area contributed by atoms with E-state index in [1.54, 1.807) is 38.4 Å². The summed E-state index contributed by atoms with van der Waals surface area (Å²) in [5.41, 5.74) is 2.74. The van der Waals surface area contributed by atoms with Gasteiger partial charge in [0.15, 0.2) is 0 Å². The molecule has 1 unspecified atom stereocenters. The van der Waals surface area contributed by atoms with Crippen LogP contribution in [0.5, 0.6) is 0 Å². The van der Waals surface area contributed by atoms with Crippen LogP contribution in [0.4, 0.5) is 0 Å². The van der Waals surface area contributed by atoms with Gasteiger partial charge in [0, 0.05) is 31.8 Å². The lowest BCUT2D eigenvalue weighted by Crippen LogP contribution is -2.28. The van der Waals surface area contributed by atoms with Gasteiger partial charge in [0.1, 0.15) is 0 Å². The number of carbonyl (C=O) groups excluding carboxylic acids is 2. The molecule has 0 aromatic heterocycles. The second-order valence-electron chi connectivity index (χ2n) is 5.86. The second kappa shape index (κ2) is 7.75. The first kappa shape index (κ1) is 17.7. The molecule has 0 radical (unpaired) electrons. The highest BCUT2D eigenvalue weighted by molar-refractivity contribution is 5.97. The van der Waals surface area contributed by atoms with E-state index in [1.807, 2.05) is 31.2 Å². The smallest absolute Gasteiger partial charge is 0.253 e. The minimum atomic E-state index is -0.759. The summed E-state index contributed by atoms with van der Waals surface area (Å²) in [5.74, 6) is -0.400. The number of nitrogens with one attached hydrogen (secondary N) is 1. The Morgan fingerprint density at radius 1 is 1.04 bits per heavy atom. The number of aryl methyl sites for hydroxylation is 1. The molecule has 2 aromatic carbocycles. The van der Waals surface area contributed by atoms with Gasteiger partial charge < -0.3 is 15.3 Å². The zero-order valence-electron chi connectivity index (χ0n) is 14.1. The number of benzene rings is 2. The van der Waals surface area contributed by atoms with Gasteiger partial charge in [-0.1, -0.05) is 24.3 Å². The van der Waals surface area contributed by atoms with Crippen molar-refractivity contribution in [1.82, 2.24) is 10.2 Å². The Morgan fingerprint density at radius 3 is 2.21 bits per heavy atom. The van der Waals surface area contributed by atoms with Crippen LogP contribution < -0.4 is 5.32 Å². The molecule has 0 heterocycles. The molecular formula is C19H22N2O3. The molecule has 2 aromatic rings. The summed E-state index contributed by atoms with van der Waals surface area (Å²) in [7, 11) is 3.35. The Morgan fingerprint density at radius 2 is 1.62 bits per heavy atom. The minimum absolute atomic E-state index is 0.114. The van der Waals surface area contributed by atoms with Gasteiger partial charge in [-0.2, -0.15) is 0 Å². The third-order valence-electron chi connectivity index (χ3n) is 3.80. The van der Waals surface area contributed by atoms with Crippen molar-refractivity contribution in [3.05, 3.63) is 70.8 Å². The number of rotatable bonds is 5. The van der Waals surface area contributed by atoms with Crippen LogP contribution in [-0.4, -0.2) is 42.5 Å². The predicted octanol–water partition coefficient (Wildman–Crippen LogP) is 2.16. The zero-order valence-corrected chi connectivity index (χ0v) is 14.1. The van der Waals surface area contributed by atoms with Crippen molar-refractivity contribution >= 4 is 11.8 Å². The van der Waals surface area contributed by atoms with Crippen LogP contribution in [0.25, 0.3) is 0 Å². The van der Waals surface area contributed by atoms with Crippen LogP contribution in [0.2, 0.25) is 0 Å². The van der Waals surface area contributed by atoms with Crippen molar-refractivity contribution in [2.75, 3.05) is 20.6 Å². The van der Waals surface area contributed by atoms with Gasteiger partial charge in [-0.25, -0.2) is 0 Å². The topological polar surface area (TPSA) is 69.6 Å². The maximum atomic E-state index is 12.2. The molecule has 0 aliphatic rings. The first-order valence-electron chi connectivity index (χ1n) is 7.73. The van der Waals surface area contributed by atoms with Gasteiger partial charge in [0.2, 0.25) is 0 Å². The van der Waals surface area contributed by atoms with Crippen molar-refractivity contribution < 1.29 is 14.7 Å². The number of aliphatic hydroxyl groups is 1. The van der Waals surface area contributed by atoms with E-state index < -0.39 is 6.10 Å². The maximum Gasteiger partial charge on any atom is 0.253 e. The lowest BCUT2D eigenvalue weighted by molar-refractivity contribution is 0.0826. The Bertz CT molecular complexity index is 724. The largest absolute Gasteiger partial charge is 0.387 e. The summed E-state index contributed by atoms with van der Waals surface area (Å²) in [6, 6.07) is 14.0. The zero-order chi connectivity index (χ0) is 17.7. The Kier molecular flexibility index (Phi) is 5.71. The van der Waals surface area contributed by atoms with Crippen LogP contribution in [0.15, 0.2) is 48.5 Å². The van der Waals surface area contributed by atoms with Crippen LogP contribution in [-0.2, 0) is 0 Å². The molecule has 2 amide bonds. The molecule has 2 N–H and O–H groups in total. The van der Waals surface area contributed by atoms with Crippen LogP contribution in [0.1, 0.15) is 37.9 Å². The Balaban J connectivity index is 1.98. The molecule has 1 atom stereocenters. The van der Waals surface area contributed by atoms with Gasteiger partial charge in [-0.15, -0.1) is 0 Å². The SMILES string of the molecule is Cc1ccccc1C(O)CNC(=O)c1ccc(C(=O)N(C)C)cc1. The summed E-state index contributed by atoms with van der Waals surface area (Å²) >= 11 is 0. The molecule has 0 aliphatic heterocycles. The molecule has 0 aliphatic carbocycles. The minimum Gasteiger partial charge on any atom is -0.387 e. The van der Waals surface area contributed by atoms with Gasteiger partial charge in [-0.05, 0) is 42.3 Å². The van der Waals surface area contributed by atoms with Gasteiger partial charge in [0.05, 0.1) is 6.10 Å². The molecule has 0 spiro atoms. The number of hydrogen-bond acceptors (Lipinski definition) is 3. The van der Waals surface area contributed by atoms with Crippen molar-refractivity contribution in [1.29, 1.82) is 0 Å². The average Bonchev–Trinajstić information content (AvgIpc) is 2.59. The second-order valence-corrected chi connectivity index (χ2v) is 5.86. The molecule has 5 nitrogen and oxygen atoms in total. The molecule has 0 saturated heterocycles. The molecule has 0 fully saturated rings. The van der Waals surface area contributed by atoms with Crippen molar-refractivity contribution in [2.45, 2.75) is 13.0 Å². The Hall–Kier alpha value is -2.66. The number of amides is 2. The Labute approximate surface area is 141 Å². The van der Waals surface area contributed by atoms with Crippen LogP contribution in [0.3, 0.4) is 0 Å². The maximum absolute atomic E-state index is 12.2. The van der Waals surface area contributed by atoms with Gasteiger partial charge in [-0.3, -0.25) is 9.59 Å². The van der Waals surface area contributed by atoms with E-state index in [9.17, 15) is 14.7 Å². The summed E-state index contributed by atoms with van der Waals surface area (Å²) in [6.07, 6.45) is -0.759. The van der Waals surface area contributed by atoms with E-state index in [2.05, 4.69) is 5.32 Å². The molecule has 24 heavy (non-hydrogen) atoms. The van der Waals surface area contributed by atoms with Crippen LogP contribution >= 0.6 is 0 Å².